The number of rotatable bonds is 4. The van der Waals surface area contributed by atoms with Gasteiger partial charge in [0.1, 0.15) is 0 Å². The second-order valence-corrected chi connectivity index (χ2v) is 3.80. The van der Waals surface area contributed by atoms with E-state index in [1.807, 2.05) is 45.0 Å². The summed E-state index contributed by atoms with van der Waals surface area (Å²) in [4.78, 5) is 1.43. The molecule has 0 radical (unpaired) electrons. The van der Waals surface area contributed by atoms with Gasteiger partial charge in [-0.15, -0.1) is 15.0 Å². The van der Waals surface area contributed by atoms with Crippen molar-refractivity contribution in [1.29, 1.82) is 0 Å². The summed E-state index contributed by atoms with van der Waals surface area (Å²) in [6, 6.07) is 7.98. The first-order valence-corrected chi connectivity index (χ1v) is 6.57. The van der Waals surface area contributed by atoms with Crippen molar-refractivity contribution >= 4 is 5.70 Å². The Labute approximate surface area is 120 Å². The first kappa shape index (κ1) is 15.6. The summed E-state index contributed by atoms with van der Waals surface area (Å²) in [5.74, 6) is 0.590. The van der Waals surface area contributed by atoms with Crippen LogP contribution in [0.25, 0.3) is 17.1 Å². The van der Waals surface area contributed by atoms with E-state index in [2.05, 4.69) is 28.6 Å². The van der Waals surface area contributed by atoms with Gasteiger partial charge in [-0.1, -0.05) is 62.9 Å². The molecule has 20 heavy (non-hydrogen) atoms. The Balaban J connectivity index is 0.000000956. The number of aromatic nitrogens is 4. The van der Waals surface area contributed by atoms with Gasteiger partial charge in [0.05, 0.1) is 5.70 Å². The predicted octanol–water partition coefficient (Wildman–Crippen LogP) is 3.89. The van der Waals surface area contributed by atoms with Crippen molar-refractivity contribution in [2.24, 2.45) is 0 Å². The van der Waals surface area contributed by atoms with Crippen LogP contribution in [0.5, 0.6) is 0 Å². The lowest BCUT2D eigenvalue weighted by molar-refractivity contribution is 0.742. The third-order valence-corrected chi connectivity index (χ3v) is 2.45. The van der Waals surface area contributed by atoms with E-state index in [1.54, 1.807) is 18.2 Å². The summed E-state index contributed by atoms with van der Waals surface area (Å²) in [6.07, 6.45) is 5.09. The Kier molecular flexibility index (Phi) is 6.10. The summed E-state index contributed by atoms with van der Waals surface area (Å²) in [5.41, 5.74) is 2.87. The zero-order valence-electron chi connectivity index (χ0n) is 12.2. The van der Waals surface area contributed by atoms with Crippen LogP contribution in [0.4, 0.5) is 0 Å². The van der Waals surface area contributed by atoms with Crippen LogP contribution in [0.3, 0.4) is 0 Å². The van der Waals surface area contributed by atoms with Crippen LogP contribution < -0.4 is 0 Å². The molecule has 0 spiro atoms. The molecule has 0 unspecified atom stereocenters. The number of nitrogens with zero attached hydrogens (tertiary/aromatic N) is 4. The quantitative estimate of drug-likeness (QED) is 0.790. The Morgan fingerprint density at radius 3 is 2.35 bits per heavy atom. The molecule has 0 amide bonds. The highest BCUT2D eigenvalue weighted by Gasteiger charge is 2.06. The minimum absolute atomic E-state index is 0.590. The number of tetrazole rings is 1. The van der Waals surface area contributed by atoms with Crippen molar-refractivity contribution in [3.63, 3.8) is 0 Å². The molecule has 0 aliphatic carbocycles. The topological polar surface area (TPSA) is 43.6 Å². The molecule has 0 saturated heterocycles. The lowest BCUT2D eigenvalue weighted by Gasteiger charge is -1.97. The maximum atomic E-state index is 4.31. The number of allylic oxidation sites excluding steroid dienone is 4. The molecule has 4 nitrogen and oxygen atoms in total. The average molecular weight is 268 g/mol. The van der Waals surface area contributed by atoms with Crippen molar-refractivity contribution < 1.29 is 0 Å². The minimum atomic E-state index is 0.590. The molecule has 104 valence electrons. The molecule has 0 atom stereocenters. The average Bonchev–Trinajstić information content (AvgIpc) is 2.97. The van der Waals surface area contributed by atoms with Crippen molar-refractivity contribution in [3.05, 3.63) is 61.2 Å². The Hall–Kier alpha value is -2.49. The normalized spacial score (nSPS) is 10.4. The second-order valence-electron chi connectivity index (χ2n) is 3.80. The van der Waals surface area contributed by atoms with Crippen LogP contribution in [0.2, 0.25) is 0 Å². The SMILES string of the molecule is C=C/C=C(\C=C)n1nnc(-c2ccc(C)cc2)n1.CC. The Morgan fingerprint density at radius 1 is 1.15 bits per heavy atom. The maximum absolute atomic E-state index is 4.31. The van der Waals surface area contributed by atoms with Gasteiger partial charge in [-0.25, -0.2) is 0 Å². The highest BCUT2D eigenvalue weighted by Crippen LogP contribution is 2.15. The van der Waals surface area contributed by atoms with Gasteiger partial charge < -0.3 is 0 Å². The van der Waals surface area contributed by atoms with Gasteiger partial charge in [0, 0.05) is 5.56 Å². The fourth-order valence-electron chi connectivity index (χ4n) is 1.48. The van der Waals surface area contributed by atoms with Crippen LogP contribution in [-0.2, 0) is 0 Å². The standard InChI is InChI=1S/C14H14N4.C2H6/c1-4-6-13(5-2)18-16-14(15-17-18)12-9-7-11(3)8-10-12;1-2/h4-10H,1-2H2,3H3;1-2H3/b13-6+;. The molecular formula is C16H20N4. The largest absolute Gasteiger partial charge is 0.205 e. The number of hydrogen-bond donors (Lipinski definition) is 0. The van der Waals surface area contributed by atoms with Gasteiger partial charge >= 0.3 is 0 Å². The summed E-state index contributed by atoms with van der Waals surface area (Å²) >= 11 is 0. The van der Waals surface area contributed by atoms with Crippen molar-refractivity contribution in [2.75, 3.05) is 0 Å². The molecule has 1 aromatic heterocycles. The molecule has 1 aromatic carbocycles. The van der Waals surface area contributed by atoms with Gasteiger partial charge in [-0.2, -0.15) is 0 Å². The van der Waals surface area contributed by atoms with Crippen molar-refractivity contribution in [1.82, 2.24) is 20.2 Å². The van der Waals surface area contributed by atoms with E-state index in [0.717, 1.165) is 11.3 Å². The van der Waals surface area contributed by atoms with E-state index >= 15 is 0 Å². The third kappa shape index (κ3) is 3.75. The molecule has 1 heterocycles. The van der Waals surface area contributed by atoms with Gasteiger partial charge in [-0.05, 0) is 24.3 Å². The highest BCUT2D eigenvalue weighted by molar-refractivity contribution is 5.58. The van der Waals surface area contributed by atoms with Crippen LogP contribution in [0, 0.1) is 6.92 Å². The van der Waals surface area contributed by atoms with E-state index in [-0.39, 0.29) is 0 Å². The van der Waals surface area contributed by atoms with E-state index in [9.17, 15) is 0 Å². The van der Waals surface area contributed by atoms with E-state index in [4.69, 9.17) is 0 Å². The molecule has 0 bridgehead atoms. The maximum Gasteiger partial charge on any atom is 0.205 e. The fourth-order valence-corrected chi connectivity index (χ4v) is 1.48. The monoisotopic (exact) mass is 268 g/mol. The van der Waals surface area contributed by atoms with Crippen LogP contribution >= 0.6 is 0 Å². The smallest absolute Gasteiger partial charge is 0.131 e. The summed E-state index contributed by atoms with van der Waals surface area (Å²) in [7, 11) is 0. The summed E-state index contributed by atoms with van der Waals surface area (Å²) < 4.78 is 0. The third-order valence-electron chi connectivity index (χ3n) is 2.45. The number of hydrogen-bond acceptors (Lipinski definition) is 3. The molecule has 4 heteroatoms. The Morgan fingerprint density at radius 2 is 1.80 bits per heavy atom. The van der Waals surface area contributed by atoms with Crippen molar-refractivity contribution in [3.8, 4) is 11.4 Å². The molecule has 0 saturated carbocycles. The van der Waals surface area contributed by atoms with Gasteiger partial charge in [0.25, 0.3) is 0 Å². The Bertz CT molecular complexity index is 591. The van der Waals surface area contributed by atoms with E-state index in [0.29, 0.717) is 5.82 Å². The molecule has 2 aromatic rings. The molecular weight excluding hydrogens is 248 g/mol. The van der Waals surface area contributed by atoms with E-state index < -0.39 is 0 Å². The first-order valence-electron chi connectivity index (χ1n) is 6.57. The number of aryl methyl sites for hydroxylation is 1. The zero-order chi connectivity index (χ0) is 15.0. The van der Waals surface area contributed by atoms with Crippen LogP contribution in [-0.4, -0.2) is 20.2 Å². The highest BCUT2D eigenvalue weighted by atomic mass is 15.6. The summed E-state index contributed by atoms with van der Waals surface area (Å²) in [6.45, 7) is 13.4. The second kappa shape index (κ2) is 7.84. The predicted molar refractivity (Wildman–Crippen MR) is 84.0 cm³/mol. The lowest BCUT2D eigenvalue weighted by Crippen LogP contribution is -1.99. The van der Waals surface area contributed by atoms with Crippen LogP contribution in [0.15, 0.2) is 55.7 Å². The zero-order valence-corrected chi connectivity index (χ0v) is 12.2. The minimum Gasteiger partial charge on any atom is -0.131 e. The number of benzene rings is 1. The fraction of sp³-hybridized carbons (Fsp3) is 0.188. The molecule has 0 aliphatic heterocycles. The van der Waals surface area contributed by atoms with Gasteiger partial charge in [0.15, 0.2) is 0 Å². The molecule has 0 N–H and O–H groups in total. The first-order chi connectivity index (χ1) is 9.74. The van der Waals surface area contributed by atoms with Crippen LogP contribution in [0.1, 0.15) is 19.4 Å². The lowest BCUT2D eigenvalue weighted by atomic mass is 10.1. The van der Waals surface area contributed by atoms with Gasteiger partial charge in [-0.3, -0.25) is 0 Å². The molecule has 0 fully saturated rings. The summed E-state index contributed by atoms with van der Waals surface area (Å²) in [5, 5.41) is 12.3. The molecule has 2 rings (SSSR count). The van der Waals surface area contributed by atoms with Gasteiger partial charge in [0.2, 0.25) is 5.82 Å². The molecule has 0 aliphatic rings. The van der Waals surface area contributed by atoms with Crippen molar-refractivity contribution in [2.45, 2.75) is 20.8 Å². The van der Waals surface area contributed by atoms with E-state index in [1.165, 1.54) is 10.4 Å².